The second-order valence-corrected chi connectivity index (χ2v) is 11.1. The topological polar surface area (TPSA) is 115 Å². The van der Waals surface area contributed by atoms with Crippen molar-refractivity contribution in [1.29, 1.82) is 0 Å². The molecule has 1 amide bonds. The lowest BCUT2D eigenvalue weighted by molar-refractivity contribution is -0.114. The molecular formula is C25H24F3N5O5S. The van der Waals surface area contributed by atoms with Gasteiger partial charge in [0.15, 0.2) is 11.6 Å². The summed E-state index contributed by atoms with van der Waals surface area (Å²) in [4.78, 5) is 26.5. The molecule has 0 saturated carbocycles. The van der Waals surface area contributed by atoms with E-state index in [-0.39, 0.29) is 48.0 Å². The smallest absolute Gasteiger partial charge is 0.299 e. The summed E-state index contributed by atoms with van der Waals surface area (Å²) in [5.41, 5.74) is 0.582. The monoisotopic (exact) mass is 563 g/mol. The molecule has 2 aliphatic heterocycles. The summed E-state index contributed by atoms with van der Waals surface area (Å²) in [6.07, 6.45) is 2.82. The number of aromatic nitrogens is 3. The summed E-state index contributed by atoms with van der Waals surface area (Å²) in [6, 6.07) is 6.15. The van der Waals surface area contributed by atoms with Crippen molar-refractivity contribution < 1.29 is 35.9 Å². The Kier molecular flexibility index (Phi) is 7.40. The maximum atomic E-state index is 14.0. The Morgan fingerprint density at radius 1 is 1.10 bits per heavy atom. The van der Waals surface area contributed by atoms with Crippen LogP contribution in [0.3, 0.4) is 0 Å². The van der Waals surface area contributed by atoms with Crippen molar-refractivity contribution in [2.75, 3.05) is 24.7 Å². The number of amides is 1. The molecule has 0 radical (unpaired) electrons. The predicted molar refractivity (Wildman–Crippen MR) is 131 cm³/mol. The first-order chi connectivity index (χ1) is 18.7. The lowest BCUT2D eigenvalue weighted by Crippen LogP contribution is -2.39. The molecule has 10 nitrogen and oxygen atoms in total. The standard InChI is InChI=1S/C25H24F3N5O5S/c26-8-2-9-31-13-17(29-30-31)14-32-22-6-5-19(12-20(22)24(34)25(32)35)39(36,37)33-10-1-3-18(33)15-38-23-7-4-16(27)11-21(23)28/h4-7,11-13,18H,1-3,8-10,14-15H2/t18-/m0/s1. The highest BCUT2D eigenvalue weighted by atomic mass is 32.2. The molecular weight excluding hydrogens is 539 g/mol. The maximum absolute atomic E-state index is 14.0. The minimum Gasteiger partial charge on any atom is -0.489 e. The highest BCUT2D eigenvalue weighted by Gasteiger charge is 2.40. The van der Waals surface area contributed by atoms with E-state index < -0.39 is 46.1 Å². The second-order valence-electron chi connectivity index (χ2n) is 9.21. The van der Waals surface area contributed by atoms with Gasteiger partial charge in [-0.1, -0.05) is 5.21 Å². The quantitative estimate of drug-likeness (QED) is 0.349. The van der Waals surface area contributed by atoms with Crippen molar-refractivity contribution >= 4 is 27.4 Å². The number of rotatable bonds is 10. The van der Waals surface area contributed by atoms with Gasteiger partial charge >= 0.3 is 0 Å². The molecule has 5 rings (SSSR count). The Hall–Kier alpha value is -3.78. The van der Waals surface area contributed by atoms with Gasteiger partial charge in [-0.3, -0.25) is 23.6 Å². The molecule has 39 heavy (non-hydrogen) atoms. The number of anilines is 1. The number of hydrogen-bond donors (Lipinski definition) is 0. The average Bonchev–Trinajstić information content (AvgIpc) is 3.63. The van der Waals surface area contributed by atoms with Gasteiger partial charge in [-0.2, -0.15) is 4.31 Å². The third-order valence-corrected chi connectivity index (χ3v) is 8.57. The molecule has 0 unspecified atom stereocenters. The van der Waals surface area contributed by atoms with E-state index >= 15 is 0 Å². The SMILES string of the molecule is O=C1C(=O)N(Cc2cn(CCCF)nn2)c2ccc(S(=O)(=O)N3CCC[C@H]3COc3ccc(F)cc3F)cc21. The number of halogens is 3. The lowest BCUT2D eigenvalue weighted by atomic mass is 10.1. The molecule has 14 heteroatoms. The molecule has 1 atom stereocenters. The van der Waals surface area contributed by atoms with Gasteiger partial charge in [0.05, 0.1) is 41.6 Å². The van der Waals surface area contributed by atoms with Crippen molar-refractivity contribution in [1.82, 2.24) is 19.3 Å². The van der Waals surface area contributed by atoms with E-state index in [9.17, 15) is 31.2 Å². The van der Waals surface area contributed by atoms with Crippen molar-refractivity contribution in [2.45, 2.75) is 43.3 Å². The second kappa shape index (κ2) is 10.8. The third-order valence-electron chi connectivity index (χ3n) is 6.62. The zero-order valence-electron chi connectivity index (χ0n) is 20.6. The molecule has 2 aromatic carbocycles. The summed E-state index contributed by atoms with van der Waals surface area (Å²) in [7, 11) is -4.09. The molecule has 206 valence electrons. The number of hydrogen-bond acceptors (Lipinski definition) is 7. The summed E-state index contributed by atoms with van der Waals surface area (Å²) < 4.78 is 74.7. The Bertz CT molecular complexity index is 1530. The summed E-state index contributed by atoms with van der Waals surface area (Å²) in [6.45, 7) is -0.217. The number of alkyl halides is 1. The van der Waals surface area contributed by atoms with Crippen LogP contribution in [0.1, 0.15) is 35.3 Å². The van der Waals surface area contributed by atoms with Crippen LogP contribution in [0.2, 0.25) is 0 Å². The highest BCUT2D eigenvalue weighted by molar-refractivity contribution is 7.89. The van der Waals surface area contributed by atoms with Crippen molar-refractivity contribution in [3.05, 3.63) is 65.5 Å². The van der Waals surface area contributed by atoms with Crippen LogP contribution in [0.15, 0.2) is 47.5 Å². The van der Waals surface area contributed by atoms with Crippen LogP contribution >= 0.6 is 0 Å². The Morgan fingerprint density at radius 2 is 1.92 bits per heavy atom. The van der Waals surface area contributed by atoms with E-state index in [1.54, 1.807) is 6.20 Å². The van der Waals surface area contributed by atoms with Crippen LogP contribution in [0.5, 0.6) is 5.75 Å². The number of carbonyl (C=O) groups excluding carboxylic acids is 2. The number of ether oxygens (including phenoxy) is 1. The Morgan fingerprint density at radius 3 is 2.69 bits per heavy atom. The number of nitrogens with zero attached hydrogens (tertiary/aromatic N) is 5. The molecule has 0 bridgehead atoms. The van der Waals surface area contributed by atoms with E-state index in [1.165, 1.54) is 32.1 Å². The minimum atomic E-state index is -4.09. The van der Waals surface area contributed by atoms with Gasteiger partial charge in [0.25, 0.3) is 11.7 Å². The zero-order valence-corrected chi connectivity index (χ0v) is 21.4. The Balaban J connectivity index is 1.33. The molecule has 1 saturated heterocycles. The van der Waals surface area contributed by atoms with Gasteiger partial charge in [0.1, 0.15) is 18.1 Å². The normalized spacial score (nSPS) is 17.7. The van der Waals surface area contributed by atoms with Crippen molar-refractivity contribution in [3.63, 3.8) is 0 Å². The molecule has 0 spiro atoms. The third kappa shape index (κ3) is 5.26. The van der Waals surface area contributed by atoms with Gasteiger partial charge in [-0.15, -0.1) is 5.10 Å². The molecule has 2 aliphatic rings. The van der Waals surface area contributed by atoms with Crippen LogP contribution in [0.25, 0.3) is 0 Å². The van der Waals surface area contributed by atoms with Crippen LogP contribution in [0, 0.1) is 11.6 Å². The van der Waals surface area contributed by atoms with Gasteiger partial charge in [0.2, 0.25) is 10.0 Å². The van der Waals surface area contributed by atoms with E-state index in [0.717, 1.165) is 12.1 Å². The fraction of sp³-hybridized carbons (Fsp3) is 0.360. The molecule has 0 N–H and O–H groups in total. The molecule has 1 fully saturated rings. The number of fused-ring (bicyclic) bond motifs is 1. The van der Waals surface area contributed by atoms with Gasteiger partial charge < -0.3 is 4.74 Å². The fourth-order valence-corrected chi connectivity index (χ4v) is 6.41. The van der Waals surface area contributed by atoms with E-state index in [2.05, 4.69) is 10.3 Å². The molecule has 1 aromatic heterocycles. The van der Waals surface area contributed by atoms with E-state index in [1.807, 2.05) is 0 Å². The first kappa shape index (κ1) is 26.8. The number of Topliss-reactive ketones (excluding diaryl/α,β-unsaturated/α-hetero) is 1. The number of ketones is 1. The minimum absolute atomic E-state index is 0.0497. The van der Waals surface area contributed by atoms with Crippen LogP contribution < -0.4 is 9.64 Å². The van der Waals surface area contributed by atoms with Crippen molar-refractivity contribution in [2.24, 2.45) is 0 Å². The van der Waals surface area contributed by atoms with Gasteiger partial charge in [-0.05, 0) is 49.6 Å². The number of carbonyl (C=O) groups is 2. The van der Waals surface area contributed by atoms with Gasteiger partial charge in [-0.25, -0.2) is 17.2 Å². The largest absolute Gasteiger partial charge is 0.489 e. The first-order valence-corrected chi connectivity index (χ1v) is 13.7. The predicted octanol–water partition coefficient (Wildman–Crippen LogP) is 2.88. The zero-order chi connectivity index (χ0) is 27.7. The molecule has 3 aromatic rings. The number of sulfonamides is 1. The molecule has 3 heterocycles. The summed E-state index contributed by atoms with van der Waals surface area (Å²) >= 11 is 0. The summed E-state index contributed by atoms with van der Waals surface area (Å²) in [5.74, 6) is -3.51. The van der Waals surface area contributed by atoms with Crippen LogP contribution in [-0.2, 0) is 27.9 Å². The van der Waals surface area contributed by atoms with Gasteiger partial charge in [0, 0.05) is 19.2 Å². The first-order valence-electron chi connectivity index (χ1n) is 12.2. The average molecular weight is 564 g/mol. The maximum Gasteiger partial charge on any atom is 0.299 e. The highest BCUT2D eigenvalue weighted by Crippen LogP contribution is 2.34. The summed E-state index contributed by atoms with van der Waals surface area (Å²) in [5, 5.41) is 7.84. The van der Waals surface area contributed by atoms with Crippen molar-refractivity contribution in [3.8, 4) is 5.75 Å². The van der Waals surface area contributed by atoms with Crippen LogP contribution in [-0.4, -0.2) is 65.3 Å². The molecule has 0 aliphatic carbocycles. The van der Waals surface area contributed by atoms with E-state index in [4.69, 9.17) is 4.74 Å². The fourth-order valence-electron chi connectivity index (χ4n) is 4.71. The number of aryl methyl sites for hydroxylation is 1. The lowest BCUT2D eigenvalue weighted by Gasteiger charge is -2.24. The number of benzene rings is 2. The Labute approximate surface area is 222 Å². The van der Waals surface area contributed by atoms with E-state index in [0.29, 0.717) is 31.1 Å². The van der Waals surface area contributed by atoms with Crippen LogP contribution in [0.4, 0.5) is 18.9 Å².